The van der Waals surface area contributed by atoms with Gasteiger partial charge in [0.05, 0.1) is 19.5 Å². The number of phosphoric acid groups is 1. The summed E-state index contributed by atoms with van der Waals surface area (Å²) >= 11 is 0. The van der Waals surface area contributed by atoms with Gasteiger partial charge < -0.3 is 35.2 Å². The number of nitrogens with zero attached hydrogens (tertiary/aromatic N) is 4. The zero-order valence-corrected chi connectivity index (χ0v) is 15.1. The lowest BCUT2D eigenvalue weighted by Gasteiger charge is -2.33. The van der Waals surface area contributed by atoms with Crippen LogP contribution < -0.4 is 5.73 Å². The molecule has 0 unspecified atom stereocenters. The second-order valence-electron chi connectivity index (χ2n) is 6.01. The van der Waals surface area contributed by atoms with E-state index in [2.05, 4.69) is 19.5 Å². The van der Waals surface area contributed by atoms with Crippen LogP contribution in [-0.4, -0.2) is 78.2 Å². The quantitative estimate of drug-likeness (QED) is 0.329. The first-order chi connectivity index (χ1) is 12.7. The zero-order valence-electron chi connectivity index (χ0n) is 14.2. The normalized spacial score (nSPS) is 28.9. The van der Waals surface area contributed by atoms with E-state index in [1.807, 2.05) is 0 Å². The number of aliphatic hydroxyl groups is 2. The predicted octanol–water partition coefficient (Wildman–Crippen LogP) is -1.67. The molecule has 1 aliphatic rings. The maximum absolute atomic E-state index is 11.0. The topological polar surface area (TPSA) is 195 Å². The number of nitrogen functional groups attached to an aromatic ring is 1. The number of hydrogen-bond donors (Lipinski definition) is 5. The van der Waals surface area contributed by atoms with Crippen molar-refractivity contribution in [2.75, 3.05) is 26.1 Å². The van der Waals surface area contributed by atoms with E-state index >= 15 is 0 Å². The Labute approximate surface area is 153 Å². The van der Waals surface area contributed by atoms with Crippen LogP contribution in [0.3, 0.4) is 0 Å². The minimum atomic E-state index is -4.79. The van der Waals surface area contributed by atoms with Crippen molar-refractivity contribution in [1.82, 2.24) is 19.5 Å². The minimum absolute atomic E-state index is 0.0729. The van der Waals surface area contributed by atoms with Crippen molar-refractivity contribution in [1.29, 1.82) is 0 Å². The molecule has 13 nitrogen and oxygen atoms in total. The number of aromatic nitrogens is 4. The van der Waals surface area contributed by atoms with Crippen LogP contribution >= 0.6 is 7.82 Å². The molecule has 3 rings (SSSR count). The fourth-order valence-electron chi connectivity index (χ4n) is 3.08. The van der Waals surface area contributed by atoms with Gasteiger partial charge in [-0.2, -0.15) is 0 Å². The van der Waals surface area contributed by atoms with E-state index in [9.17, 15) is 14.8 Å². The molecule has 0 spiro atoms. The number of nitrogens with two attached hydrogens (primary N) is 1. The Morgan fingerprint density at radius 3 is 2.78 bits per heavy atom. The lowest BCUT2D eigenvalue weighted by atomic mass is 9.99. The third-order valence-electron chi connectivity index (χ3n) is 4.36. The van der Waals surface area contributed by atoms with E-state index in [-0.39, 0.29) is 30.0 Å². The molecule has 4 atom stereocenters. The molecule has 1 saturated heterocycles. The van der Waals surface area contributed by atoms with E-state index in [4.69, 9.17) is 25.0 Å². The first-order valence-corrected chi connectivity index (χ1v) is 9.39. The average Bonchev–Trinajstić information content (AvgIpc) is 3.14. The highest BCUT2D eigenvalue weighted by molar-refractivity contribution is 7.46. The third-order valence-corrected chi connectivity index (χ3v) is 4.85. The molecule has 0 aliphatic carbocycles. The summed E-state index contributed by atoms with van der Waals surface area (Å²) in [4.78, 5) is 29.8. The van der Waals surface area contributed by atoms with Gasteiger partial charge in [0.2, 0.25) is 0 Å². The average molecular weight is 405 g/mol. The molecular weight excluding hydrogens is 385 g/mol. The number of hydrogen-bond acceptors (Lipinski definition) is 10. The number of phosphoric ester groups is 1. The predicted molar refractivity (Wildman–Crippen MR) is 89.1 cm³/mol. The second kappa shape index (κ2) is 7.37. The van der Waals surface area contributed by atoms with E-state index in [0.29, 0.717) is 0 Å². The van der Waals surface area contributed by atoms with E-state index in [0.717, 1.165) is 0 Å². The van der Waals surface area contributed by atoms with E-state index < -0.39 is 38.5 Å². The van der Waals surface area contributed by atoms with E-state index in [1.165, 1.54) is 24.3 Å². The Kier molecular flexibility index (Phi) is 5.47. The van der Waals surface area contributed by atoms with Gasteiger partial charge in [0, 0.05) is 13.5 Å². The smallest absolute Gasteiger partial charge is 0.387 e. The van der Waals surface area contributed by atoms with Crippen LogP contribution in [0.25, 0.3) is 11.2 Å². The van der Waals surface area contributed by atoms with Gasteiger partial charge in [-0.3, -0.25) is 9.09 Å². The Bertz CT molecular complexity index is 858. The molecule has 0 saturated carbocycles. The Hall–Kier alpha value is -1.70. The van der Waals surface area contributed by atoms with Gasteiger partial charge in [-0.25, -0.2) is 19.5 Å². The van der Waals surface area contributed by atoms with Crippen molar-refractivity contribution in [3.05, 3.63) is 12.7 Å². The molecule has 27 heavy (non-hydrogen) atoms. The van der Waals surface area contributed by atoms with Gasteiger partial charge >= 0.3 is 7.82 Å². The summed E-state index contributed by atoms with van der Waals surface area (Å²) in [7, 11) is -3.34. The Balaban J connectivity index is 2.02. The highest BCUT2D eigenvalue weighted by atomic mass is 31.2. The Morgan fingerprint density at radius 1 is 1.37 bits per heavy atom. The fraction of sp³-hybridized carbons (Fsp3) is 0.615. The summed E-state index contributed by atoms with van der Waals surface area (Å²) in [6.07, 6.45) is -1.60. The summed E-state index contributed by atoms with van der Waals surface area (Å²) in [5.74, 6) is 0.120. The standard InChI is InChI=1S/C13H20N5O8P/c1-24-3-2-13(18-6-17-8-11(14)15-5-16-12(8)18)10(20)9(19)7(26-13)4-25-27(21,22)23/h5-7,9-10,19-20H,2-4H2,1H3,(H2,14,15,16)(H2,21,22,23)/t7-,9-,10-,13-/m1/s1. The lowest BCUT2D eigenvalue weighted by Crippen LogP contribution is -2.46. The van der Waals surface area contributed by atoms with Gasteiger partial charge in [0.1, 0.15) is 30.2 Å². The summed E-state index contributed by atoms with van der Waals surface area (Å²) in [6.45, 7) is -0.503. The number of methoxy groups -OCH3 is 1. The molecule has 1 aliphatic heterocycles. The monoisotopic (exact) mass is 405 g/mol. The van der Waals surface area contributed by atoms with Crippen LogP contribution in [-0.2, 0) is 24.3 Å². The van der Waals surface area contributed by atoms with Crippen LogP contribution in [0, 0.1) is 0 Å². The molecule has 14 heteroatoms. The van der Waals surface area contributed by atoms with Crippen molar-refractivity contribution in [2.24, 2.45) is 0 Å². The molecule has 3 heterocycles. The van der Waals surface area contributed by atoms with Crippen molar-refractivity contribution in [2.45, 2.75) is 30.5 Å². The summed E-state index contributed by atoms with van der Waals surface area (Å²) in [6, 6.07) is 0. The summed E-state index contributed by atoms with van der Waals surface area (Å²) in [5.41, 5.74) is 4.73. The molecular formula is C13H20N5O8P. The molecule has 150 valence electrons. The van der Waals surface area contributed by atoms with Crippen molar-refractivity contribution in [3.8, 4) is 0 Å². The minimum Gasteiger partial charge on any atom is -0.387 e. The van der Waals surface area contributed by atoms with Crippen LogP contribution in [0.4, 0.5) is 5.82 Å². The molecule has 2 aromatic heterocycles. The van der Waals surface area contributed by atoms with Crippen LogP contribution in [0.2, 0.25) is 0 Å². The van der Waals surface area contributed by atoms with Crippen LogP contribution in [0.1, 0.15) is 6.42 Å². The first kappa shape index (κ1) is 20.0. The molecule has 0 amide bonds. The Morgan fingerprint density at radius 2 is 2.11 bits per heavy atom. The van der Waals surface area contributed by atoms with Crippen molar-refractivity contribution < 1.29 is 38.6 Å². The highest BCUT2D eigenvalue weighted by Gasteiger charge is 2.56. The summed E-state index contributed by atoms with van der Waals surface area (Å²) in [5, 5.41) is 21.1. The van der Waals surface area contributed by atoms with Gasteiger partial charge in [0.25, 0.3) is 0 Å². The SMILES string of the molecule is COCC[C@@]1(n2cnc3c(N)ncnc32)O[C@H](COP(=O)(O)O)[C@@H](O)[C@H]1O. The van der Waals surface area contributed by atoms with Gasteiger partial charge in [0.15, 0.2) is 17.2 Å². The second-order valence-corrected chi connectivity index (χ2v) is 7.25. The third kappa shape index (κ3) is 3.68. The lowest BCUT2D eigenvalue weighted by molar-refractivity contribution is -0.156. The molecule has 6 N–H and O–H groups in total. The zero-order chi connectivity index (χ0) is 19.8. The van der Waals surface area contributed by atoms with Gasteiger partial charge in [-0.05, 0) is 0 Å². The number of ether oxygens (including phenoxy) is 2. The summed E-state index contributed by atoms with van der Waals surface area (Å²) < 4.78 is 27.7. The van der Waals surface area contributed by atoms with Gasteiger partial charge in [-0.15, -0.1) is 0 Å². The van der Waals surface area contributed by atoms with E-state index in [1.54, 1.807) is 0 Å². The largest absolute Gasteiger partial charge is 0.469 e. The maximum atomic E-state index is 11.0. The number of fused-ring (bicyclic) bond motifs is 1. The van der Waals surface area contributed by atoms with Gasteiger partial charge in [-0.1, -0.05) is 0 Å². The number of anilines is 1. The number of rotatable bonds is 7. The van der Waals surface area contributed by atoms with Crippen LogP contribution in [0.5, 0.6) is 0 Å². The molecule has 0 radical (unpaired) electrons. The number of imidazole rings is 1. The number of aliphatic hydroxyl groups excluding tert-OH is 2. The molecule has 0 bridgehead atoms. The highest BCUT2D eigenvalue weighted by Crippen LogP contribution is 2.43. The molecule has 2 aromatic rings. The maximum Gasteiger partial charge on any atom is 0.469 e. The first-order valence-electron chi connectivity index (χ1n) is 7.86. The van der Waals surface area contributed by atoms with Crippen molar-refractivity contribution in [3.63, 3.8) is 0 Å². The fourth-order valence-corrected chi connectivity index (χ4v) is 3.42. The van der Waals surface area contributed by atoms with Crippen molar-refractivity contribution >= 4 is 24.8 Å². The molecule has 1 fully saturated rings. The molecule has 0 aromatic carbocycles. The van der Waals surface area contributed by atoms with Crippen LogP contribution in [0.15, 0.2) is 12.7 Å².